The van der Waals surface area contributed by atoms with Gasteiger partial charge in [0, 0.05) is 19.3 Å². The molecule has 3 nitrogen and oxygen atoms in total. The molecule has 0 heterocycles. The minimum absolute atomic E-state index is 0.149. The van der Waals surface area contributed by atoms with E-state index in [-0.39, 0.29) is 5.97 Å². The molecule has 0 amide bonds. The summed E-state index contributed by atoms with van der Waals surface area (Å²) in [6.45, 7) is 10.5. The fourth-order valence-electron chi connectivity index (χ4n) is 2.01. The predicted molar refractivity (Wildman–Crippen MR) is 79.6 cm³/mol. The highest BCUT2D eigenvalue weighted by atomic mass is 16.6. The van der Waals surface area contributed by atoms with E-state index < -0.39 is 5.60 Å². The first-order chi connectivity index (χ1) is 8.69. The van der Waals surface area contributed by atoms with Crippen molar-refractivity contribution >= 4 is 11.7 Å². The molecule has 0 aliphatic rings. The van der Waals surface area contributed by atoms with Crippen LogP contribution in [0.25, 0.3) is 0 Å². The molecule has 0 aliphatic heterocycles. The quantitative estimate of drug-likeness (QED) is 0.779. The van der Waals surface area contributed by atoms with Crippen LogP contribution in [0.3, 0.4) is 0 Å². The van der Waals surface area contributed by atoms with E-state index in [0.717, 1.165) is 5.69 Å². The lowest BCUT2D eigenvalue weighted by Crippen LogP contribution is -2.28. The minimum atomic E-state index is -0.407. The van der Waals surface area contributed by atoms with E-state index in [0.29, 0.717) is 13.0 Å². The highest BCUT2D eigenvalue weighted by molar-refractivity contribution is 5.70. The summed E-state index contributed by atoms with van der Waals surface area (Å²) in [6.07, 6.45) is 0.404. The van der Waals surface area contributed by atoms with Gasteiger partial charge in [-0.3, -0.25) is 4.79 Å². The van der Waals surface area contributed by atoms with E-state index in [2.05, 4.69) is 36.9 Å². The summed E-state index contributed by atoms with van der Waals surface area (Å²) in [5, 5.41) is 0. The Kier molecular flexibility index (Phi) is 4.98. The van der Waals surface area contributed by atoms with Gasteiger partial charge in [0.2, 0.25) is 0 Å². The molecule has 106 valence electrons. The van der Waals surface area contributed by atoms with E-state index in [1.165, 1.54) is 11.1 Å². The Morgan fingerprint density at radius 1 is 1.26 bits per heavy atom. The molecule has 1 aromatic rings. The van der Waals surface area contributed by atoms with Crippen LogP contribution < -0.4 is 4.90 Å². The Labute approximate surface area is 116 Å². The van der Waals surface area contributed by atoms with Crippen molar-refractivity contribution in [3.8, 4) is 0 Å². The summed E-state index contributed by atoms with van der Waals surface area (Å²) in [5.41, 5.74) is 3.23. The monoisotopic (exact) mass is 263 g/mol. The first-order valence-corrected chi connectivity index (χ1v) is 6.69. The third-order valence-electron chi connectivity index (χ3n) is 2.83. The minimum Gasteiger partial charge on any atom is -0.460 e. The molecule has 0 aromatic heterocycles. The summed E-state index contributed by atoms with van der Waals surface area (Å²) in [4.78, 5) is 13.8. The van der Waals surface area contributed by atoms with Gasteiger partial charge in [0.05, 0.1) is 6.42 Å². The topological polar surface area (TPSA) is 29.5 Å². The first-order valence-electron chi connectivity index (χ1n) is 6.69. The van der Waals surface area contributed by atoms with Gasteiger partial charge >= 0.3 is 5.97 Å². The highest BCUT2D eigenvalue weighted by Crippen LogP contribution is 2.20. The summed E-state index contributed by atoms with van der Waals surface area (Å²) in [7, 11) is 2.00. The molecule has 0 aliphatic carbocycles. The van der Waals surface area contributed by atoms with Crippen LogP contribution >= 0.6 is 0 Å². The van der Waals surface area contributed by atoms with Crippen molar-refractivity contribution in [2.45, 2.75) is 46.6 Å². The molecule has 3 heteroatoms. The van der Waals surface area contributed by atoms with E-state index in [9.17, 15) is 4.79 Å². The van der Waals surface area contributed by atoms with E-state index >= 15 is 0 Å². The van der Waals surface area contributed by atoms with E-state index in [1.807, 2.05) is 27.8 Å². The second kappa shape index (κ2) is 6.09. The van der Waals surface area contributed by atoms with E-state index in [1.54, 1.807) is 0 Å². The number of carbonyl (C=O) groups is 1. The summed E-state index contributed by atoms with van der Waals surface area (Å²) in [6, 6.07) is 6.34. The lowest BCUT2D eigenvalue weighted by atomic mass is 10.1. The van der Waals surface area contributed by atoms with Crippen molar-refractivity contribution in [2.24, 2.45) is 0 Å². The van der Waals surface area contributed by atoms with Gasteiger partial charge in [-0.2, -0.15) is 0 Å². The highest BCUT2D eigenvalue weighted by Gasteiger charge is 2.16. The Morgan fingerprint density at radius 3 is 2.42 bits per heavy atom. The number of aryl methyl sites for hydroxylation is 2. The first kappa shape index (κ1) is 15.5. The number of rotatable bonds is 4. The average molecular weight is 263 g/mol. The van der Waals surface area contributed by atoms with Crippen LogP contribution in [-0.2, 0) is 9.53 Å². The standard InChI is InChI=1S/C16H25NO2/c1-12-7-8-14(13(2)11-12)17(6)10-9-15(18)19-16(3,4)5/h7-8,11H,9-10H2,1-6H3. The van der Waals surface area contributed by atoms with Crippen molar-refractivity contribution < 1.29 is 9.53 Å². The van der Waals surface area contributed by atoms with Gasteiger partial charge in [-0.25, -0.2) is 0 Å². The van der Waals surface area contributed by atoms with Crippen LogP contribution in [0.4, 0.5) is 5.69 Å². The molecule has 0 radical (unpaired) electrons. The molecular weight excluding hydrogens is 238 g/mol. The maximum Gasteiger partial charge on any atom is 0.308 e. The number of carbonyl (C=O) groups excluding carboxylic acids is 1. The van der Waals surface area contributed by atoms with Crippen LogP contribution in [0.2, 0.25) is 0 Å². The molecule has 1 aromatic carbocycles. The molecule has 19 heavy (non-hydrogen) atoms. The van der Waals surface area contributed by atoms with Gasteiger partial charge in [0.1, 0.15) is 5.60 Å². The average Bonchev–Trinajstić information content (AvgIpc) is 2.23. The number of benzene rings is 1. The van der Waals surface area contributed by atoms with Gasteiger partial charge < -0.3 is 9.64 Å². The van der Waals surface area contributed by atoms with Crippen molar-refractivity contribution in [1.82, 2.24) is 0 Å². The lowest BCUT2D eigenvalue weighted by molar-refractivity contribution is -0.154. The molecule has 0 spiro atoms. The van der Waals surface area contributed by atoms with Crippen molar-refractivity contribution in [1.29, 1.82) is 0 Å². The number of ether oxygens (including phenoxy) is 1. The number of hydrogen-bond donors (Lipinski definition) is 0. The van der Waals surface area contributed by atoms with Gasteiger partial charge in [-0.05, 0) is 46.2 Å². The fraction of sp³-hybridized carbons (Fsp3) is 0.562. The second-order valence-electron chi connectivity index (χ2n) is 6.05. The predicted octanol–water partition coefficient (Wildman–Crippen LogP) is 3.47. The number of esters is 1. The summed E-state index contributed by atoms with van der Waals surface area (Å²) in [5.74, 6) is -0.149. The third-order valence-corrected chi connectivity index (χ3v) is 2.83. The summed E-state index contributed by atoms with van der Waals surface area (Å²) < 4.78 is 5.31. The second-order valence-corrected chi connectivity index (χ2v) is 6.05. The van der Waals surface area contributed by atoms with Crippen LogP contribution in [0.5, 0.6) is 0 Å². The smallest absolute Gasteiger partial charge is 0.308 e. The molecule has 0 N–H and O–H groups in total. The number of hydrogen-bond acceptors (Lipinski definition) is 3. The third kappa shape index (κ3) is 5.33. The largest absolute Gasteiger partial charge is 0.460 e. The van der Waals surface area contributed by atoms with E-state index in [4.69, 9.17) is 4.74 Å². The zero-order chi connectivity index (χ0) is 14.6. The van der Waals surface area contributed by atoms with Gasteiger partial charge in [0.15, 0.2) is 0 Å². The van der Waals surface area contributed by atoms with Crippen LogP contribution in [-0.4, -0.2) is 25.2 Å². The molecule has 0 atom stereocenters. The molecule has 1 rings (SSSR count). The maximum atomic E-state index is 11.7. The molecule has 0 saturated carbocycles. The number of nitrogens with zero attached hydrogens (tertiary/aromatic N) is 1. The van der Waals surface area contributed by atoms with Crippen molar-refractivity contribution in [3.63, 3.8) is 0 Å². The molecule has 0 unspecified atom stereocenters. The van der Waals surface area contributed by atoms with Gasteiger partial charge in [-0.1, -0.05) is 17.7 Å². The Hall–Kier alpha value is -1.51. The Balaban J connectivity index is 2.56. The fourth-order valence-corrected chi connectivity index (χ4v) is 2.01. The zero-order valence-electron chi connectivity index (χ0n) is 12.9. The molecular formula is C16H25NO2. The SMILES string of the molecule is Cc1ccc(N(C)CCC(=O)OC(C)(C)C)c(C)c1. The number of anilines is 1. The summed E-state index contributed by atoms with van der Waals surface area (Å²) >= 11 is 0. The van der Waals surface area contributed by atoms with Crippen LogP contribution in [0.1, 0.15) is 38.3 Å². The van der Waals surface area contributed by atoms with Crippen molar-refractivity contribution in [2.75, 3.05) is 18.5 Å². The van der Waals surface area contributed by atoms with Crippen molar-refractivity contribution in [3.05, 3.63) is 29.3 Å². The molecule has 0 bridgehead atoms. The van der Waals surface area contributed by atoms with Gasteiger partial charge in [-0.15, -0.1) is 0 Å². The molecule has 0 saturated heterocycles. The normalized spacial score (nSPS) is 11.3. The Morgan fingerprint density at radius 2 is 1.89 bits per heavy atom. The zero-order valence-corrected chi connectivity index (χ0v) is 12.9. The van der Waals surface area contributed by atoms with Gasteiger partial charge in [0.25, 0.3) is 0 Å². The molecule has 0 fully saturated rings. The lowest BCUT2D eigenvalue weighted by Gasteiger charge is -2.23. The van der Waals surface area contributed by atoms with Crippen LogP contribution in [0, 0.1) is 13.8 Å². The van der Waals surface area contributed by atoms with Crippen LogP contribution in [0.15, 0.2) is 18.2 Å². The maximum absolute atomic E-state index is 11.7. The Bertz CT molecular complexity index is 447.